The van der Waals surface area contributed by atoms with Crippen LogP contribution in [0.3, 0.4) is 0 Å². The van der Waals surface area contributed by atoms with Gasteiger partial charge in [0.05, 0.1) is 11.6 Å². The number of nitriles is 1. The van der Waals surface area contributed by atoms with Crippen molar-refractivity contribution in [3.63, 3.8) is 0 Å². The SMILES string of the molecule is N#Cc1cccc(-c2csc(N)c2C(=O)O)c1. The van der Waals surface area contributed by atoms with Gasteiger partial charge in [0.2, 0.25) is 0 Å². The zero-order chi connectivity index (χ0) is 12.4. The number of carboxylic acid groups (broad SMARTS) is 1. The molecule has 4 nitrogen and oxygen atoms in total. The molecule has 5 heteroatoms. The van der Waals surface area contributed by atoms with Gasteiger partial charge in [0.15, 0.2) is 0 Å². The topological polar surface area (TPSA) is 87.1 Å². The molecule has 0 saturated carbocycles. The van der Waals surface area contributed by atoms with Gasteiger partial charge >= 0.3 is 5.97 Å². The summed E-state index contributed by atoms with van der Waals surface area (Å²) < 4.78 is 0. The first-order chi connectivity index (χ1) is 8.13. The van der Waals surface area contributed by atoms with Crippen molar-refractivity contribution in [1.82, 2.24) is 0 Å². The summed E-state index contributed by atoms with van der Waals surface area (Å²) in [5.74, 6) is -1.05. The minimum Gasteiger partial charge on any atom is -0.478 e. The summed E-state index contributed by atoms with van der Waals surface area (Å²) in [5.41, 5.74) is 7.46. The number of thiophene rings is 1. The summed E-state index contributed by atoms with van der Waals surface area (Å²) in [6.45, 7) is 0. The van der Waals surface area contributed by atoms with Crippen LogP contribution < -0.4 is 5.73 Å². The molecule has 1 aromatic carbocycles. The molecule has 0 atom stereocenters. The summed E-state index contributed by atoms with van der Waals surface area (Å²) in [4.78, 5) is 11.1. The van der Waals surface area contributed by atoms with E-state index in [1.54, 1.807) is 29.6 Å². The summed E-state index contributed by atoms with van der Waals surface area (Å²) in [7, 11) is 0. The first-order valence-electron chi connectivity index (χ1n) is 4.74. The van der Waals surface area contributed by atoms with Crippen LogP contribution >= 0.6 is 11.3 Å². The smallest absolute Gasteiger partial charge is 0.339 e. The number of nitrogen functional groups attached to an aromatic ring is 1. The van der Waals surface area contributed by atoms with Crippen LogP contribution in [0.5, 0.6) is 0 Å². The highest BCUT2D eigenvalue weighted by Gasteiger charge is 2.17. The average molecular weight is 244 g/mol. The van der Waals surface area contributed by atoms with Crippen LogP contribution in [-0.4, -0.2) is 11.1 Å². The number of anilines is 1. The van der Waals surface area contributed by atoms with Crippen molar-refractivity contribution in [2.45, 2.75) is 0 Å². The molecule has 1 heterocycles. The molecule has 3 N–H and O–H groups in total. The molecule has 0 aliphatic rings. The Morgan fingerprint density at radius 3 is 2.88 bits per heavy atom. The largest absolute Gasteiger partial charge is 0.478 e. The van der Waals surface area contributed by atoms with Crippen LogP contribution in [0.2, 0.25) is 0 Å². The summed E-state index contributed by atoms with van der Waals surface area (Å²) in [6.07, 6.45) is 0. The van der Waals surface area contributed by atoms with E-state index in [0.717, 1.165) is 0 Å². The van der Waals surface area contributed by atoms with Crippen molar-refractivity contribution in [2.24, 2.45) is 0 Å². The summed E-state index contributed by atoms with van der Waals surface area (Å²) >= 11 is 1.18. The lowest BCUT2D eigenvalue weighted by molar-refractivity contribution is 0.0699. The molecule has 2 aromatic rings. The van der Waals surface area contributed by atoms with E-state index in [1.165, 1.54) is 11.3 Å². The summed E-state index contributed by atoms with van der Waals surface area (Å²) in [5, 5.41) is 19.9. The Labute approximate surface area is 102 Å². The lowest BCUT2D eigenvalue weighted by atomic mass is 10.0. The standard InChI is InChI=1S/C12H8N2O2S/c13-5-7-2-1-3-8(4-7)9-6-17-11(14)10(9)12(15)16/h1-4,6H,14H2,(H,15,16). The van der Waals surface area contributed by atoms with Crippen molar-refractivity contribution in [2.75, 3.05) is 5.73 Å². The molecular weight excluding hydrogens is 236 g/mol. The predicted octanol–water partition coefficient (Wildman–Crippen LogP) is 2.57. The number of carboxylic acids is 1. The molecule has 0 amide bonds. The van der Waals surface area contributed by atoms with E-state index in [0.29, 0.717) is 16.7 Å². The molecule has 0 saturated heterocycles. The Bertz CT molecular complexity index is 626. The van der Waals surface area contributed by atoms with Gasteiger partial charge in [-0.05, 0) is 17.7 Å². The molecule has 0 bridgehead atoms. The summed E-state index contributed by atoms with van der Waals surface area (Å²) in [6, 6.07) is 8.80. The van der Waals surface area contributed by atoms with Crippen LogP contribution in [0.25, 0.3) is 11.1 Å². The third kappa shape index (κ3) is 1.98. The first-order valence-corrected chi connectivity index (χ1v) is 5.62. The lowest BCUT2D eigenvalue weighted by Gasteiger charge is -2.01. The fraction of sp³-hybridized carbons (Fsp3) is 0. The Morgan fingerprint density at radius 1 is 1.47 bits per heavy atom. The van der Waals surface area contributed by atoms with E-state index in [1.807, 2.05) is 6.07 Å². The second-order valence-electron chi connectivity index (χ2n) is 3.39. The molecule has 0 unspecified atom stereocenters. The number of aromatic carboxylic acids is 1. The molecule has 0 spiro atoms. The van der Waals surface area contributed by atoms with Crippen LogP contribution in [0.4, 0.5) is 5.00 Å². The molecule has 1 aromatic heterocycles. The molecule has 0 radical (unpaired) electrons. The second kappa shape index (κ2) is 4.28. The molecule has 0 aliphatic heterocycles. The minimum atomic E-state index is -1.05. The lowest BCUT2D eigenvalue weighted by Crippen LogP contribution is -2.00. The number of hydrogen-bond acceptors (Lipinski definition) is 4. The number of rotatable bonds is 2. The maximum absolute atomic E-state index is 11.1. The van der Waals surface area contributed by atoms with Gasteiger partial charge in [-0.2, -0.15) is 5.26 Å². The number of nitrogens with two attached hydrogens (primary N) is 1. The van der Waals surface area contributed by atoms with Gasteiger partial charge in [-0.3, -0.25) is 0 Å². The van der Waals surface area contributed by atoms with E-state index < -0.39 is 5.97 Å². The fourth-order valence-corrected chi connectivity index (χ4v) is 2.38. The minimum absolute atomic E-state index is 0.102. The molecule has 84 valence electrons. The molecule has 0 fully saturated rings. The maximum Gasteiger partial charge on any atom is 0.339 e. The van der Waals surface area contributed by atoms with Gasteiger partial charge in [-0.1, -0.05) is 12.1 Å². The van der Waals surface area contributed by atoms with E-state index in [2.05, 4.69) is 0 Å². The van der Waals surface area contributed by atoms with Gasteiger partial charge < -0.3 is 10.8 Å². The first kappa shape index (κ1) is 11.2. The molecule has 0 aliphatic carbocycles. The van der Waals surface area contributed by atoms with Gasteiger partial charge in [-0.15, -0.1) is 11.3 Å². The number of hydrogen-bond donors (Lipinski definition) is 2. The number of benzene rings is 1. The molecular formula is C12H8N2O2S. The zero-order valence-corrected chi connectivity index (χ0v) is 9.49. The third-order valence-corrected chi connectivity index (χ3v) is 3.15. The Hall–Kier alpha value is -2.32. The normalized spacial score (nSPS) is 9.82. The molecule has 2 rings (SSSR count). The highest BCUT2D eigenvalue weighted by atomic mass is 32.1. The van der Waals surface area contributed by atoms with Gasteiger partial charge in [0.25, 0.3) is 0 Å². The van der Waals surface area contributed by atoms with E-state index in [4.69, 9.17) is 16.1 Å². The Balaban J connectivity index is 2.61. The second-order valence-corrected chi connectivity index (χ2v) is 4.30. The number of nitrogens with zero attached hydrogens (tertiary/aromatic N) is 1. The van der Waals surface area contributed by atoms with Crippen LogP contribution in [-0.2, 0) is 0 Å². The van der Waals surface area contributed by atoms with Crippen molar-refractivity contribution in [3.05, 3.63) is 40.8 Å². The van der Waals surface area contributed by atoms with E-state index in [9.17, 15) is 4.79 Å². The average Bonchev–Trinajstić information content (AvgIpc) is 2.71. The highest BCUT2D eigenvalue weighted by molar-refractivity contribution is 7.14. The van der Waals surface area contributed by atoms with Crippen molar-refractivity contribution in [1.29, 1.82) is 5.26 Å². The van der Waals surface area contributed by atoms with E-state index in [-0.39, 0.29) is 10.6 Å². The molecule has 17 heavy (non-hydrogen) atoms. The van der Waals surface area contributed by atoms with Crippen LogP contribution in [0.1, 0.15) is 15.9 Å². The Morgan fingerprint density at radius 2 is 2.24 bits per heavy atom. The monoisotopic (exact) mass is 244 g/mol. The van der Waals surface area contributed by atoms with Gasteiger partial charge in [-0.25, -0.2) is 4.79 Å². The zero-order valence-electron chi connectivity index (χ0n) is 8.68. The van der Waals surface area contributed by atoms with Crippen molar-refractivity contribution in [3.8, 4) is 17.2 Å². The van der Waals surface area contributed by atoms with Crippen molar-refractivity contribution >= 4 is 22.3 Å². The fourth-order valence-electron chi connectivity index (χ4n) is 1.56. The Kier molecular flexibility index (Phi) is 2.81. The third-order valence-electron chi connectivity index (χ3n) is 2.34. The maximum atomic E-state index is 11.1. The van der Waals surface area contributed by atoms with Gasteiger partial charge in [0.1, 0.15) is 10.6 Å². The van der Waals surface area contributed by atoms with Crippen LogP contribution in [0, 0.1) is 11.3 Å². The van der Waals surface area contributed by atoms with Crippen LogP contribution in [0.15, 0.2) is 29.6 Å². The van der Waals surface area contributed by atoms with E-state index >= 15 is 0 Å². The van der Waals surface area contributed by atoms with Crippen molar-refractivity contribution < 1.29 is 9.90 Å². The quantitative estimate of drug-likeness (QED) is 0.849. The van der Waals surface area contributed by atoms with Gasteiger partial charge in [0, 0.05) is 10.9 Å². The highest BCUT2D eigenvalue weighted by Crippen LogP contribution is 2.33. The number of carbonyl (C=O) groups is 1. The predicted molar refractivity (Wildman–Crippen MR) is 65.8 cm³/mol.